The lowest BCUT2D eigenvalue weighted by Gasteiger charge is -2.62. The minimum absolute atomic E-state index is 0.0666. The molecule has 11 nitrogen and oxygen atoms in total. The van der Waals surface area contributed by atoms with Gasteiger partial charge >= 0.3 is 0 Å². The molecule has 310 valence electrons. The Morgan fingerprint density at radius 3 is 2.40 bits per heavy atom. The number of nitrogens with zero attached hydrogens (tertiary/aromatic N) is 3. The Kier molecular flexibility index (Phi) is 13.4. The third-order valence-corrected chi connectivity index (χ3v) is 13.1. The summed E-state index contributed by atoms with van der Waals surface area (Å²) in [6, 6.07) is 21.3. The SMILES string of the molecule is CCOc1c(CN2O[C@@H](CN)[C@@H]([C@H](C)O)[C@H]2C(=O)N[C@H]2C[C@H]3C[C@@H]([C@@H]2C)C3(C)C)cccc1-c1cc(C(=O)N[C@@H](Cc2ccccc2)CN(C)C)cc(N(C)C)c1. The Hall–Kier alpha value is -4.00. The number of anilines is 1. The van der Waals surface area contributed by atoms with Crippen LogP contribution in [0.3, 0.4) is 0 Å². The molecule has 3 aromatic carbocycles. The summed E-state index contributed by atoms with van der Waals surface area (Å²) in [6.07, 6.45) is 1.52. The number of aliphatic hydroxyl groups is 1. The second-order valence-electron chi connectivity index (χ2n) is 17.8. The number of rotatable bonds is 16. The van der Waals surface area contributed by atoms with Crippen LogP contribution in [0.1, 0.15) is 68.9 Å². The molecule has 0 radical (unpaired) electrons. The molecular weight excluding hydrogens is 717 g/mol. The lowest BCUT2D eigenvalue weighted by atomic mass is 9.45. The molecular formula is C46H66N6O5. The maximum absolute atomic E-state index is 14.4. The van der Waals surface area contributed by atoms with Crippen molar-refractivity contribution in [2.24, 2.45) is 34.8 Å². The molecule has 9 atom stereocenters. The van der Waals surface area contributed by atoms with Crippen LogP contribution in [0.2, 0.25) is 0 Å². The summed E-state index contributed by atoms with van der Waals surface area (Å²) in [7, 11) is 7.95. The number of amides is 2. The van der Waals surface area contributed by atoms with Crippen molar-refractivity contribution < 1.29 is 24.3 Å². The molecule has 3 aromatic rings. The molecule has 0 spiro atoms. The second kappa shape index (κ2) is 17.9. The van der Waals surface area contributed by atoms with E-state index >= 15 is 0 Å². The van der Waals surface area contributed by atoms with Crippen LogP contribution in [0, 0.1) is 29.1 Å². The monoisotopic (exact) mass is 783 g/mol. The fraction of sp³-hybridized carbons (Fsp3) is 0.565. The van der Waals surface area contributed by atoms with Gasteiger partial charge in [0.1, 0.15) is 11.8 Å². The third-order valence-electron chi connectivity index (χ3n) is 13.1. The molecule has 4 fully saturated rings. The van der Waals surface area contributed by atoms with E-state index in [4.69, 9.17) is 15.3 Å². The number of nitrogens with two attached hydrogens (primary N) is 1. The van der Waals surface area contributed by atoms with Gasteiger partial charge in [-0.05, 0) is 99.7 Å². The summed E-state index contributed by atoms with van der Waals surface area (Å²) in [5.41, 5.74) is 11.6. The molecule has 5 N–H and O–H groups in total. The first-order chi connectivity index (χ1) is 27.1. The number of aliphatic hydroxyl groups excluding tert-OH is 1. The fourth-order valence-electron chi connectivity index (χ4n) is 9.87. The van der Waals surface area contributed by atoms with E-state index in [1.807, 2.05) is 88.5 Å². The van der Waals surface area contributed by atoms with E-state index in [9.17, 15) is 14.7 Å². The Morgan fingerprint density at radius 1 is 1.05 bits per heavy atom. The van der Waals surface area contributed by atoms with Crippen molar-refractivity contribution in [2.45, 2.75) is 90.8 Å². The highest BCUT2D eigenvalue weighted by Crippen LogP contribution is 2.61. The summed E-state index contributed by atoms with van der Waals surface area (Å²) in [5, 5.41) is 19.5. The second-order valence-corrected chi connectivity index (χ2v) is 17.8. The third kappa shape index (κ3) is 9.18. The molecule has 2 amide bonds. The minimum atomic E-state index is -0.823. The smallest absolute Gasteiger partial charge is 0.251 e. The van der Waals surface area contributed by atoms with Crippen LogP contribution >= 0.6 is 0 Å². The van der Waals surface area contributed by atoms with E-state index < -0.39 is 24.2 Å². The standard InChI is InChI=1S/C46H66N6O5/c1-10-56-43-31(26-52-42(41(29(3)53)40(25-47)57-52)45(55)49-39-24-34-23-38(28(39)2)46(34,4)5)17-14-18-37(43)32-20-33(22-36(21-32)51(8)9)44(54)48-35(27-50(6)7)19-30-15-12-11-13-16-30/h11-18,20-22,28-29,34-35,38-42,53H,10,19,23-27,47H2,1-9H3,(H,48,54)(H,49,55)/t28-,29-,34+,35-,38-,39-,40-,41+,42-/m0/s1. The largest absolute Gasteiger partial charge is 0.493 e. The van der Waals surface area contributed by atoms with Crippen LogP contribution in [0.15, 0.2) is 66.7 Å². The van der Waals surface area contributed by atoms with Crippen LogP contribution in [0.5, 0.6) is 5.75 Å². The number of nitrogens with one attached hydrogen (secondary N) is 2. The number of fused-ring (bicyclic) bond motifs is 2. The number of ether oxygens (including phenoxy) is 1. The quantitative estimate of drug-likeness (QED) is 0.152. The molecule has 1 aliphatic heterocycles. The zero-order chi connectivity index (χ0) is 41.2. The van der Waals surface area contributed by atoms with Gasteiger partial charge in [-0.3, -0.25) is 14.4 Å². The van der Waals surface area contributed by atoms with Crippen molar-refractivity contribution in [3.63, 3.8) is 0 Å². The number of hydrogen-bond donors (Lipinski definition) is 4. The van der Waals surface area contributed by atoms with E-state index in [1.165, 1.54) is 6.42 Å². The summed E-state index contributed by atoms with van der Waals surface area (Å²) in [6.45, 7) is 12.1. The normalized spacial score (nSPS) is 26.4. The Bertz CT molecular complexity index is 1850. The average molecular weight is 783 g/mol. The highest BCUT2D eigenvalue weighted by molar-refractivity contribution is 5.97. The summed E-state index contributed by atoms with van der Waals surface area (Å²) >= 11 is 0. The Labute approximate surface area is 340 Å². The molecule has 11 heteroatoms. The van der Waals surface area contributed by atoms with Crippen LogP contribution in [-0.2, 0) is 22.6 Å². The topological polar surface area (TPSA) is 133 Å². The molecule has 0 aromatic heterocycles. The lowest BCUT2D eigenvalue weighted by Crippen LogP contribution is -2.62. The van der Waals surface area contributed by atoms with Gasteiger partial charge < -0.3 is 36.0 Å². The number of carbonyl (C=O) groups excluding carboxylic acids is 2. The van der Waals surface area contributed by atoms with Gasteiger partial charge in [-0.25, -0.2) is 0 Å². The molecule has 2 bridgehead atoms. The van der Waals surface area contributed by atoms with E-state index in [1.54, 1.807) is 12.0 Å². The molecule has 57 heavy (non-hydrogen) atoms. The lowest BCUT2D eigenvalue weighted by molar-refractivity contribution is -0.176. The van der Waals surface area contributed by atoms with Gasteiger partial charge in [0.2, 0.25) is 5.91 Å². The number of carbonyl (C=O) groups is 2. The van der Waals surface area contributed by atoms with Crippen molar-refractivity contribution >= 4 is 17.5 Å². The van der Waals surface area contributed by atoms with Crippen LogP contribution in [0.4, 0.5) is 5.69 Å². The van der Waals surface area contributed by atoms with Crippen molar-refractivity contribution in [1.29, 1.82) is 0 Å². The van der Waals surface area contributed by atoms with E-state index in [0.29, 0.717) is 54.1 Å². The summed E-state index contributed by atoms with van der Waals surface area (Å²) < 4.78 is 6.43. The Balaban J connectivity index is 1.30. The van der Waals surface area contributed by atoms with Crippen molar-refractivity contribution in [2.75, 3.05) is 52.8 Å². The number of para-hydroxylation sites is 1. The number of likely N-dealkylation sites (N-methyl/N-ethyl adjacent to an activating group) is 1. The van der Waals surface area contributed by atoms with E-state index in [2.05, 4.69) is 54.5 Å². The summed E-state index contributed by atoms with van der Waals surface area (Å²) in [4.78, 5) is 39.0. The molecule has 7 rings (SSSR count). The van der Waals surface area contributed by atoms with Gasteiger partial charge in [-0.1, -0.05) is 69.3 Å². The van der Waals surface area contributed by atoms with Gasteiger partial charge in [0.15, 0.2) is 0 Å². The zero-order valence-electron chi connectivity index (χ0n) is 35.5. The number of benzene rings is 3. The average Bonchev–Trinajstić information content (AvgIpc) is 3.54. The number of hydroxylamine groups is 2. The van der Waals surface area contributed by atoms with Crippen LogP contribution in [0.25, 0.3) is 11.1 Å². The van der Waals surface area contributed by atoms with Crippen LogP contribution in [-0.4, -0.2) is 105 Å². The fourth-order valence-corrected chi connectivity index (χ4v) is 9.87. The summed E-state index contributed by atoms with van der Waals surface area (Å²) in [5.74, 6) is 1.35. The molecule has 3 saturated carbocycles. The first-order valence-corrected chi connectivity index (χ1v) is 20.8. The van der Waals surface area contributed by atoms with Gasteiger partial charge in [0.05, 0.1) is 25.4 Å². The molecule has 0 unspecified atom stereocenters. The highest BCUT2D eigenvalue weighted by atomic mass is 16.7. The zero-order valence-corrected chi connectivity index (χ0v) is 35.5. The van der Waals surface area contributed by atoms with E-state index in [-0.39, 0.29) is 37.0 Å². The molecule has 4 aliphatic rings. The van der Waals surface area contributed by atoms with Crippen molar-refractivity contribution in [3.8, 4) is 16.9 Å². The van der Waals surface area contributed by atoms with Gasteiger partial charge in [0, 0.05) is 67.6 Å². The van der Waals surface area contributed by atoms with Gasteiger partial charge in [0.25, 0.3) is 5.91 Å². The predicted octanol–water partition coefficient (Wildman–Crippen LogP) is 5.35. The van der Waals surface area contributed by atoms with E-state index in [0.717, 1.165) is 34.4 Å². The number of hydrogen-bond acceptors (Lipinski definition) is 9. The van der Waals surface area contributed by atoms with Gasteiger partial charge in [-0.2, -0.15) is 5.06 Å². The maximum Gasteiger partial charge on any atom is 0.251 e. The predicted molar refractivity (Wildman–Crippen MR) is 227 cm³/mol. The van der Waals surface area contributed by atoms with Crippen molar-refractivity contribution in [1.82, 2.24) is 20.6 Å². The first-order valence-electron chi connectivity index (χ1n) is 20.8. The minimum Gasteiger partial charge on any atom is -0.493 e. The first kappa shape index (κ1) is 42.6. The molecule has 1 heterocycles. The van der Waals surface area contributed by atoms with Crippen LogP contribution < -0.4 is 26.0 Å². The maximum atomic E-state index is 14.4. The molecule has 3 aliphatic carbocycles. The van der Waals surface area contributed by atoms with Crippen molar-refractivity contribution in [3.05, 3.63) is 83.4 Å². The molecule has 1 saturated heterocycles. The highest BCUT2D eigenvalue weighted by Gasteiger charge is 2.57. The Morgan fingerprint density at radius 2 is 1.79 bits per heavy atom. The van der Waals surface area contributed by atoms with Gasteiger partial charge in [-0.15, -0.1) is 0 Å².